The first-order valence-corrected chi connectivity index (χ1v) is 4.60. The van der Waals surface area contributed by atoms with Crippen LogP contribution in [0.3, 0.4) is 0 Å². The van der Waals surface area contributed by atoms with Gasteiger partial charge in [0.1, 0.15) is 19.0 Å². The first kappa shape index (κ1) is 11.5. The van der Waals surface area contributed by atoms with Crippen LogP contribution < -0.4 is 4.74 Å². The van der Waals surface area contributed by atoms with Crippen LogP contribution in [0.15, 0.2) is 18.5 Å². The number of rotatable bonds is 4. The highest BCUT2D eigenvalue weighted by Crippen LogP contribution is 2.10. The van der Waals surface area contributed by atoms with Crippen molar-refractivity contribution in [2.45, 2.75) is 6.42 Å². The second kappa shape index (κ2) is 6.80. The van der Waals surface area contributed by atoms with Crippen LogP contribution in [-0.2, 0) is 0 Å². The molecule has 1 heterocycles. The second-order valence-corrected chi connectivity index (χ2v) is 2.72. The molecule has 0 amide bonds. The van der Waals surface area contributed by atoms with Crippen molar-refractivity contribution in [1.82, 2.24) is 4.98 Å². The summed E-state index contributed by atoms with van der Waals surface area (Å²) in [6.07, 6.45) is 3.52. The second-order valence-electron chi connectivity index (χ2n) is 2.72. The Bertz CT molecular complexity index is 357. The molecule has 4 heteroatoms. The number of pyridine rings is 1. The Hall–Kier alpha value is -1.60. The highest BCUT2D eigenvalue weighted by molar-refractivity contribution is 5.36. The summed E-state index contributed by atoms with van der Waals surface area (Å²) in [6.45, 7) is -0.464. The van der Waals surface area contributed by atoms with Gasteiger partial charge in [0.25, 0.3) is 0 Å². The van der Waals surface area contributed by atoms with Crippen LogP contribution in [0.25, 0.3) is 0 Å². The van der Waals surface area contributed by atoms with Gasteiger partial charge in [0, 0.05) is 18.2 Å². The molecule has 0 aliphatic heterocycles. The van der Waals surface area contributed by atoms with Crippen LogP contribution in [0.2, 0.25) is 0 Å². The van der Waals surface area contributed by atoms with Crippen molar-refractivity contribution in [3.63, 3.8) is 0 Å². The first-order chi connectivity index (χ1) is 7.36. The minimum absolute atomic E-state index is 0.0230. The Morgan fingerprint density at radius 2 is 2.33 bits per heavy atom. The molecule has 0 spiro atoms. The highest BCUT2D eigenvalue weighted by atomic mass is 19.1. The lowest BCUT2D eigenvalue weighted by molar-refractivity contribution is 0.272. The van der Waals surface area contributed by atoms with Gasteiger partial charge in [0.2, 0.25) is 0 Å². The van der Waals surface area contributed by atoms with Crippen LogP contribution >= 0.6 is 0 Å². The molecule has 1 aromatic heterocycles. The number of aliphatic hydroxyl groups is 1. The zero-order valence-corrected chi connectivity index (χ0v) is 8.24. The third kappa shape index (κ3) is 4.43. The number of ether oxygens (including phenoxy) is 1. The maximum Gasteiger partial charge on any atom is 0.138 e. The van der Waals surface area contributed by atoms with Gasteiger partial charge in [-0.1, -0.05) is 11.8 Å². The number of hydrogen-bond acceptors (Lipinski definition) is 3. The zero-order chi connectivity index (χ0) is 10.9. The van der Waals surface area contributed by atoms with Gasteiger partial charge in [-0.25, -0.2) is 4.39 Å². The minimum atomic E-state index is -0.527. The van der Waals surface area contributed by atoms with Crippen molar-refractivity contribution < 1.29 is 14.2 Å². The molecule has 0 atom stereocenters. The predicted octanol–water partition coefficient (Wildman–Crippen LogP) is 1.16. The van der Waals surface area contributed by atoms with Crippen LogP contribution in [0.5, 0.6) is 5.75 Å². The van der Waals surface area contributed by atoms with Crippen molar-refractivity contribution in [1.29, 1.82) is 0 Å². The third-order valence-corrected chi connectivity index (χ3v) is 1.53. The topological polar surface area (TPSA) is 42.4 Å². The molecule has 1 rings (SSSR count). The first-order valence-electron chi connectivity index (χ1n) is 4.60. The normalized spacial score (nSPS) is 9.20. The molecular formula is C11H12FNO2. The van der Waals surface area contributed by atoms with E-state index in [2.05, 4.69) is 16.8 Å². The number of aliphatic hydroxyl groups excluding tert-OH is 1. The molecule has 3 nitrogen and oxygen atoms in total. The van der Waals surface area contributed by atoms with E-state index in [-0.39, 0.29) is 13.2 Å². The molecular weight excluding hydrogens is 197 g/mol. The molecule has 0 radical (unpaired) electrons. The molecule has 0 saturated heterocycles. The van der Waals surface area contributed by atoms with E-state index in [1.54, 1.807) is 12.3 Å². The van der Waals surface area contributed by atoms with Gasteiger partial charge in [-0.05, 0) is 6.07 Å². The Morgan fingerprint density at radius 1 is 1.47 bits per heavy atom. The summed E-state index contributed by atoms with van der Waals surface area (Å²) in [5.41, 5.74) is 0.694. The van der Waals surface area contributed by atoms with Gasteiger partial charge in [-0.15, -0.1) is 0 Å². The number of hydrogen-bond donors (Lipinski definition) is 1. The van der Waals surface area contributed by atoms with E-state index in [9.17, 15) is 4.39 Å². The van der Waals surface area contributed by atoms with E-state index in [1.165, 1.54) is 6.20 Å². The van der Waals surface area contributed by atoms with Crippen molar-refractivity contribution >= 4 is 0 Å². The summed E-state index contributed by atoms with van der Waals surface area (Å²) in [5, 5.41) is 8.53. The van der Waals surface area contributed by atoms with Gasteiger partial charge in [-0.2, -0.15) is 0 Å². The molecule has 1 aromatic rings. The molecule has 0 aliphatic carbocycles. The lowest BCUT2D eigenvalue weighted by Crippen LogP contribution is -1.99. The monoisotopic (exact) mass is 209 g/mol. The van der Waals surface area contributed by atoms with E-state index < -0.39 is 6.67 Å². The van der Waals surface area contributed by atoms with Crippen LogP contribution in [0.4, 0.5) is 4.39 Å². The largest absolute Gasteiger partial charge is 0.489 e. The maximum atomic E-state index is 11.8. The number of alkyl halides is 1. The quantitative estimate of drug-likeness (QED) is 0.757. The van der Waals surface area contributed by atoms with Crippen LogP contribution in [0, 0.1) is 11.8 Å². The summed E-state index contributed by atoms with van der Waals surface area (Å²) < 4.78 is 16.9. The number of nitrogens with zero attached hydrogens (tertiary/aromatic N) is 1. The summed E-state index contributed by atoms with van der Waals surface area (Å²) in [5.74, 6) is 6.08. The molecule has 1 N–H and O–H groups in total. The van der Waals surface area contributed by atoms with E-state index >= 15 is 0 Å². The molecule has 0 fully saturated rings. The molecule has 0 bridgehead atoms. The van der Waals surface area contributed by atoms with Crippen LogP contribution in [0.1, 0.15) is 12.0 Å². The van der Waals surface area contributed by atoms with Gasteiger partial charge in [-0.3, -0.25) is 4.98 Å². The molecule has 0 aromatic carbocycles. The Balaban J connectivity index is 2.62. The molecule has 15 heavy (non-hydrogen) atoms. The highest BCUT2D eigenvalue weighted by Gasteiger charge is 1.94. The van der Waals surface area contributed by atoms with Gasteiger partial charge in [0.15, 0.2) is 0 Å². The minimum Gasteiger partial charge on any atom is -0.489 e. The number of halogens is 1. The van der Waals surface area contributed by atoms with Crippen molar-refractivity contribution in [3.8, 4) is 17.6 Å². The average molecular weight is 209 g/mol. The summed E-state index contributed by atoms with van der Waals surface area (Å²) >= 11 is 0. The van der Waals surface area contributed by atoms with Crippen LogP contribution in [-0.4, -0.2) is 30.0 Å². The number of aromatic nitrogens is 1. The van der Waals surface area contributed by atoms with Crippen molar-refractivity contribution in [2.24, 2.45) is 0 Å². The Morgan fingerprint density at radius 3 is 3.07 bits per heavy atom. The van der Waals surface area contributed by atoms with Crippen molar-refractivity contribution in [2.75, 3.05) is 19.9 Å². The fourth-order valence-corrected chi connectivity index (χ4v) is 0.943. The van der Waals surface area contributed by atoms with Crippen molar-refractivity contribution in [3.05, 3.63) is 24.0 Å². The molecule has 0 saturated carbocycles. The van der Waals surface area contributed by atoms with E-state index in [0.717, 1.165) is 0 Å². The summed E-state index contributed by atoms with van der Waals surface area (Å²) in [7, 11) is 0. The van der Waals surface area contributed by atoms with Gasteiger partial charge in [0.05, 0.1) is 12.8 Å². The fourth-order valence-electron chi connectivity index (χ4n) is 0.943. The fraction of sp³-hybridized carbons (Fsp3) is 0.364. The standard InChI is InChI=1S/C11H12FNO2/c12-4-6-15-11-7-10(8-13-9-11)3-1-2-5-14/h7-9,14H,2,4-6H2. The van der Waals surface area contributed by atoms with E-state index in [0.29, 0.717) is 17.7 Å². The molecule has 80 valence electrons. The third-order valence-electron chi connectivity index (χ3n) is 1.53. The maximum absolute atomic E-state index is 11.8. The van der Waals surface area contributed by atoms with Gasteiger partial charge < -0.3 is 9.84 Å². The smallest absolute Gasteiger partial charge is 0.138 e. The lowest BCUT2D eigenvalue weighted by Gasteiger charge is -2.02. The summed E-state index contributed by atoms with van der Waals surface area (Å²) in [4.78, 5) is 3.90. The van der Waals surface area contributed by atoms with E-state index in [1.807, 2.05) is 0 Å². The average Bonchev–Trinajstić information content (AvgIpc) is 2.27. The summed E-state index contributed by atoms with van der Waals surface area (Å²) in [6, 6.07) is 1.69. The molecule has 0 aliphatic rings. The van der Waals surface area contributed by atoms with E-state index in [4.69, 9.17) is 9.84 Å². The predicted molar refractivity (Wildman–Crippen MR) is 54.3 cm³/mol. The molecule has 0 unspecified atom stereocenters. The Labute approximate surface area is 87.9 Å². The Kier molecular flexibility index (Phi) is 5.20. The van der Waals surface area contributed by atoms with Gasteiger partial charge >= 0.3 is 0 Å². The SMILES string of the molecule is OCCC#Cc1cncc(OCCF)c1. The zero-order valence-electron chi connectivity index (χ0n) is 8.24. The lowest BCUT2D eigenvalue weighted by atomic mass is 10.2.